The van der Waals surface area contributed by atoms with Crippen molar-refractivity contribution in [3.8, 4) is 27.9 Å². The van der Waals surface area contributed by atoms with Gasteiger partial charge in [-0.05, 0) is 81.4 Å². The Balaban J connectivity index is 0.971. The van der Waals surface area contributed by atoms with E-state index >= 15 is 0 Å². The number of thiophene rings is 1. The van der Waals surface area contributed by atoms with E-state index in [1.54, 1.807) is 0 Å². The summed E-state index contributed by atoms with van der Waals surface area (Å²) in [5, 5.41) is 5.13. The average molecular weight is 739 g/mol. The summed E-state index contributed by atoms with van der Waals surface area (Å²) >= 11 is 1.88. The van der Waals surface area contributed by atoms with Crippen molar-refractivity contribution >= 4 is 59.5 Å². The van der Waals surface area contributed by atoms with Crippen LogP contribution in [0.3, 0.4) is 0 Å². The summed E-state index contributed by atoms with van der Waals surface area (Å²) in [6.07, 6.45) is 1.67. The first-order valence-corrected chi connectivity index (χ1v) is 19.8. The molecule has 10 aromatic rings. The molecule has 0 saturated heterocycles. The number of hydrogen-bond donors (Lipinski definition) is 2. The predicted octanol–water partition coefficient (Wildman–Crippen LogP) is 12.9. The highest BCUT2D eigenvalue weighted by Crippen LogP contribution is 2.41. The lowest BCUT2D eigenvalue weighted by atomic mass is 10.0. The molecule has 10 rings (SSSR count). The zero-order valence-corrected chi connectivity index (χ0v) is 31.5. The van der Waals surface area contributed by atoms with Gasteiger partial charge in [-0.3, -0.25) is 10.4 Å². The molecular weight excluding hydrogens is 701 g/mol. The fraction of sp³-hybridized carbons (Fsp3) is 0.0392. The third kappa shape index (κ3) is 6.48. The smallest absolute Gasteiger partial charge is 0.137 e. The molecular formula is C51H38N4S. The number of hydrogen-bond acceptors (Lipinski definition) is 4. The molecule has 0 aliphatic carbocycles. The molecule has 0 spiro atoms. The van der Waals surface area contributed by atoms with Crippen molar-refractivity contribution in [2.45, 2.75) is 12.7 Å². The molecule has 4 nitrogen and oxygen atoms in total. The van der Waals surface area contributed by atoms with Crippen LogP contribution in [0.15, 0.2) is 199 Å². The summed E-state index contributed by atoms with van der Waals surface area (Å²) in [4.78, 5) is 5.09. The zero-order chi connectivity index (χ0) is 37.3. The quantitative estimate of drug-likeness (QED) is 0.108. The van der Waals surface area contributed by atoms with Gasteiger partial charge in [-0.25, -0.2) is 5.43 Å². The normalized spacial score (nSPS) is 12.4. The van der Waals surface area contributed by atoms with E-state index < -0.39 is 0 Å². The van der Waals surface area contributed by atoms with E-state index in [9.17, 15) is 0 Å². The van der Waals surface area contributed by atoms with Crippen LogP contribution < -0.4 is 10.9 Å². The summed E-state index contributed by atoms with van der Waals surface area (Å²) in [5.74, 6) is 0. The van der Waals surface area contributed by atoms with Gasteiger partial charge in [0.05, 0.1) is 11.0 Å². The highest BCUT2D eigenvalue weighted by atomic mass is 32.1. The topological polar surface area (TPSA) is 41.4 Å². The summed E-state index contributed by atoms with van der Waals surface area (Å²) in [6, 6.07) is 69.3. The Hall–Kier alpha value is -6.63. The van der Waals surface area contributed by atoms with Crippen LogP contribution in [-0.4, -0.2) is 10.8 Å². The minimum atomic E-state index is -0.299. The van der Waals surface area contributed by atoms with E-state index in [1.807, 2.05) is 29.7 Å². The second-order valence-electron chi connectivity index (χ2n) is 14.1. The third-order valence-corrected chi connectivity index (χ3v) is 11.8. The van der Waals surface area contributed by atoms with Crippen molar-refractivity contribution < 1.29 is 0 Å². The Kier molecular flexibility index (Phi) is 9.02. The maximum atomic E-state index is 5.09. The molecule has 0 fully saturated rings. The Bertz CT molecular complexity index is 3000. The predicted molar refractivity (Wildman–Crippen MR) is 238 cm³/mol. The molecule has 0 bridgehead atoms. The van der Waals surface area contributed by atoms with Crippen LogP contribution in [0.4, 0.5) is 0 Å². The third-order valence-electron chi connectivity index (χ3n) is 10.6. The van der Waals surface area contributed by atoms with Crippen molar-refractivity contribution in [3.63, 3.8) is 0 Å². The van der Waals surface area contributed by atoms with Crippen LogP contribution in [0.2, 0.25) is 0 Å². The van der Waals surface area contributed by atoms with Crippen molar-refractivity contribution in [2.75, 3.05) is 0 Å². The van der Waals surface area contributed by atoms with Gasteiger partial charge >= 0.3 is 0 Å². The number of benzene rings is 8. The fourth-order valence-corrected chi connectivity index (χ4v) is 9.07. The molecule has 268 valence electrons. The molecule has 56 heavy (non-hydrogen) atoms. The minimum absolute atomic E-state index is 0.299. The number of aromatic nitrogens is 1. The van der Waals surface area contributed by atoms with Gasteiger partial charge < -0.3 is 4.57 Å². The van der Waals surface area contributed by atoms with Crippen LogP contribution in [0.1, 0.15) is 22.9 Å². The number of aliphatic imine (C=N–C) groups is 1. The lowest BCUT2D eigenvalue weighted by Crippen LogP contribution is -2.34. The van der Waals surface area contributed by atoms with Crippen LogP contribution in [0, 0.1) is 0 Å². The SMILES string of the molecule is C(=NC(NNCc1ccccc1)c1cccc(-c2ccccc2)c1)c1ccc(-n2c3ccccc3c3cc(-c4cccc5c4sc4ccccc45)ccc32)cc1. The van der Waals surface area contributed by atoms with E-state index in [4.69, 9.17) is 4.99 Å². The van der Waals surface area contributed by atoms with Gasteiger partial charge in [0.15, 0.2) is 0 Å². The molecule has 5 heteroatoms. The number of fused-ring (bicyclic) bond motifs is 6. The number of para-hydroxylation sites is 1. The minimum Gasteiger partial charge on any atom is -0.309 e. The van der Waals surface area contributed by atoms with E-state index in [-0.39, 0.29) is 6.17 Å². The maximum absolute atomic E-state index is 5.09. The summed E-state index contributed by atoms with van der Waals surface area (Å²) < 4.78 is 5.04. The maximum Gasteiger partial charge on any atom is 0.137 e. The van der Waals surface area contributed by atoms with Gasteiger partial charge in [0.2, 0.25) is 0 Å². The van der Waals surface area contributed by atoms with Crippen LogP contribution >= 0.6 is 11.3 Å². The standard InChI is InChI=1S/C51H38N4S/c1-3-13-35(14-4-1)34-53-54-51(40-18-11-17-38(31-40)37-15-5-2-6-16-37)52-33-36-25-28-41(29-26-36)55-47-23-9-7-19-43(47)46-32-39(27-30-48(46)55)42-21-12-22-45-44-20-8-10-24-49(44)56-50(42)45/h1-33,51,53-54H,34H2. The van der Waals surface area contributed by atoms with Gasteiger partial charge in [0.25, 0.3) is 0 Å². The number of nitrogens with one attached hydrogen (secondary N) is 2. The van der Waals surface area contributed by atoms with Crippen LogP contribution in [-0.2, 0) is 6.54 Å². The molecule has 0 aliphatic heterocycles. The highest BCUT2D eigenvalue weighted by molar-refractivity contribution is 7.26. The molecule has 0 radical (unpaired) electrons. The second kappa shape index (κ2) is 14.9. The Morgan fingerprint density at radius 1 is 0.536 bits per heavy atom. The Morgan fingerprint density at radius 2 is 1.23 bits per heavy atom. The van der Waals surface area contributed by atoms with Gasteiger partial charge in [-0.2, -0.15) is 0 Å². The number of rotatable bonds is 10. The molecule has 1 unspecified atom stereocenters. The lowest BCUT2D eigenvalue weighted by molar-refractivity contribution is 0.449. The zero-order valence-electron chi connectivity index (χ0n) is 30.6. The van der Waals surface area contributed by atoms with E-state index in [2.05, 4.69) is 197 Å². The van der Waals surface area contributed by atoms with Gasteiger partial charge in [-0.15, -0.1) is 11.3 Å². The molecule has 2 aromatic heterocycles. The molecule has 2 N–H and O–H groups in total. The first-order valence-electron chi connectivity index (χ1n) is 19.0. The van der Waals surface area contributed by atoms with Crippen molar-refractivity contribution in [2.24, 2.45) is 4.99 Å². The van der Waals surface area contributed by atoms with Gasteiger partial charge in [-0.1, -0.05) is 152 Å². The van der Waals surface area contributed by atoms with E-state index in [0.717, 1.165) is 22.4 Å². The van der Waals surface area contributed by atoms with Gasteiger partial charge in [0.1, 0.15) is 6.17 Å². The molecule has 0 saturated carbocycles. The van der Waals surface area contributed by atoms with Crippen molar-refractivity contribution in [1.82, 2.24) is 15.4 Å². The Labute approximate surface area is 330 Å². The fourth-order valence-electron chi connectivity index (χ4n) is 7.83. The first-order chi connectivity index (χ1) is 27.8. The lowest BCUT2D eigenvalue weighted by Gasteiger charge is -2.17. The van der Waals surface area contributed by atoms with Crippen molar-refractivity contribution in [1.29, 1.82) is 0 Å². The van der Waals surface area contributed by atoms with Crippen LogP contribution in [0.25, 0.3) is 69.9 Å². The second-order valence-corrected chi connectivity index (χ2v) is 15.2. The van der Waals surface area contributed by atoms with E-state index in [0.29, 0.717) is 6.54 Å². The average Bonchev–Trinajstić information content (AvgIpc) is 3.81. The summed E-state index contributed by atoms with van der Waals surface area (Å²) in [6.45, 7) is 0.682. The summed E-state index contributed by atoms with van der Waals surface area (Å²) in [7, 11) is 0. The molecule has 8 aromatic carbocycles. The monoisotopic (exact) mass is 738 g/mol. The molecule has 2 heterocycles. The highest BCUT2D eigenvalue weighted by Gasteiger charge is 2.16. The van der Waals surface area contributed by atoms with Crippen LogP contribution in [0.5, 0.6) is 0 Å². The molecule has 0 amide bonds. The number of hydrazine groups is 1. The first kappa shape index (κ1) is 33.9. The largest absolute Gasteiger partial charge is 0.309 e. The molecule has 0 aliphatic rings. The number of nitrogens with zero attached hydrogens (tertiary/aromatic N) is 2. The summed E-state index contributed by atoms with van der Waals surface area (Å²) in [5.41, 5.74) is 18.6. The molecule has 1 atom stereocenters. The van der Waals surface area contributed by atoms with Gasteiger partial charge in [0, 0.05) is 49.4 Å². The Morgan fingerprint density at radius 3 is 2.09 bits per heavy atom. The van der Waals surface area contributed by atoms with Crippen molar-refractivity contribution in [3.05, 3.63) is 211 Å². The van der Waals surface area contributed by atoms with E-state index in [1.165, 1.54) is 64.2 Å².